The topological polar surface area (TPSA) is 19.7 Å². The van der Waals surface area contributed by atoms with Gasteiger partial charge in [-0.1, -0.05) is 147 Å². The second-order valence-corrected chi connectivity index (χ2v) is 11.0. The van der Waals surface area contributed by atoms with Gasteiger partial charge in [-0.3, -0.25) is 4.98 Å². The van der Waals surface area contributed by atoms with Crippen LogP contribution in [0.25, 0.3) is 0 Å². The van der Waals surface area contributed by atoms with Crippen molar-refractivity contribution in [2.45, 2.75) is 148 Å². The summed E-state index contributed by atoms with van der Waals surface area (Å²) in [7, 11) is 0. The van der Waals surface area contributed by atoms with Crippen molar-refractivity contribution in [2.24, 2.45) is 5.92 Å². The molecule has 0 saturated heterocycles. The molecule has 1 N–H and O–H groups in total. The van der Waals surface area contributed by atoms with Gasteiger partial charge in [-0.05, 0) is 31.2 Å². The molecule has 198 valence electrons. The number of nitrogens with zero attached hydrogens (tertiary/aromatic N) is 1. The zero-order valence-corrected chi connectivity index (χ0v) is 23.4. The van der Waals surface area contributed by atoms with E-state index in [1.54, 1.807) is 0 Å². The number of H-pyrrole nitrogens is 1. The lowest BCUT2D eigenvalue weighted by Gasteiger charge is -2.25. The Morgan fingerprint density at radius 2 is 1.14 bits per heavy atom. The van der Waals surface area contributed by atoms with Crippen molar-refractivity contribution in [2.75, 3.05) is 0 Å². The molecule has 0 amide bonds. The van der Waals surface area contributed by atoms with Crippen LogP contribution < -0.4 is 4.57 Å². The highest BCUT2D eigenvalue weighted by Crippen LogP contribution is 2.29. The Labute approximate surface area is 218 Å². The van der Waals surface area contributed by atoms with Crippen LogP contribution in [0.15, 0.2) is 49.1 Å². The average Bonchev–Trinajstić information content (AvgIpc) is 3.41. The molecule has 2 nitrogen and oxygen atoms in total. The number of nitrogens with one attached hydrogen (secondary N) is 1. The number of benzene rings is 1. The van der Waals surface area contributed by atoms with Crippen LogP contribution >= 0.6 is 0 Å². The van der Waals surface area contributed by atoms with Crippen molar-refractivity contribution in [1.82, 2.24) is 4.98 Å². The van der Waals surface area contributed by atoms with Gasteiger partial charge in [0.25, 0.3) is 0 Å². The van der Waals surface area contributed by atoms with Crippen molar-refractivity contribution in [3.8, 4) is 0 Å². The summed E-state index contributed by atoms with van der Waals surface area (Å²) in [6.45, 7) is 4.61. The van der Waals surface area contributed by atoms with Crippen LogP contribution in [-0.4, -0.2) is 4.98 Å². The lowest BCUT2D eigenvalue weighted by molar-refractivity contribution is -0.730. The number of imidazole rings is 1. The minimum absolute atomic E-state index is 0.607. The quantitative estimate of drug-likeness (QED) is 0.120. The van der Waals surface area contributed by atoms with E-state index >= 15 is 0 Å². The maximum absolute atomic E-state index is 3.32. The van der Waals surface area contributed by atoms with Gasteiger partial charge >= 0.3 is 0 Å². The first-order valence-corrected chi connectivity index (χ1v) is 15.4. The zero-order valence-electron chi connectivity index (χ0n) is 23.4. The summed E-state index contributed by atoms with van der Waals surface area (Å²) >= 11 is 0. The van der Waals surface area contributed by atoms with Gasteiger partial charge in [0.2, 0.25) is 6.33 Å². The maximum atomic E-state index is 3.32. The second kappa shape index (κ2) is 20.6. The molecule has 2 heteroatoms. The van der Waals surface area contributed by atoms with E-state index in [1.165, 1.54) is 134 Å². The van der Waals surface area contributed by atoms with E-state index in [1.807, 2.05) is 0 Å². The molecule has 0 spiro atoms. The Balaban J connectivity index is 1.77. The minimum atomic E-state index is 0.607. The Bertz CT molecular complexity index is 678. The van der Waals surface area contributed by atoms with Gasteiger partial charge in [-0.15, -0.1) is 0 Å². The van der Waals surface area contributed by atoms with Crippen LogP contribution in [0.4, 0.5) is 0 Å². The van der Waals surface area contributed by atoms with Crippen LogP contribution in [0.5, 0.6) is 0 Å². The molecule has 1 aromatic heterocycles. The van der Waals surface area contributed by atoms with Crippen molar-refractivity contribution in [1.29, 1.82) is 0 Å². The Kier molecular flexibility index (Phi) is 17.5. The zero-order chi connectivity index (χ0) is 24.8. The Hall–Kier alpha value is -1.57. The third kappa shape index (κ3) is 13.9. The Morgan fingerprint density at radius 1 is 0.629 bits per heavy atom. The summed E-state index contributed by atoms with van der Waals surface area (Å²) in [5, 5.41) is 0. The molecule has 2 aromatic rings. The summed E-state index contributed by atoms with van der Waals surface area (Å²) in [6.07, 6.45) is 34.4. The van der Waals surface area contributed by atoms with Crippen molar-refractivity contribution in [3.63, 3.8) is 0 Å². The predicted octanol–water partition coefficient (Wildman–Crippen LogP) is 10.2. The molecule has 1 aromatic carbocycles. The normalized spacial score (nSPS) is 13.2. The SMILES string of the molecule is CCCCCCCCCCCCCCC(C(CCCCCCC)Cc1ccccc1)[n+]1cc[nH]c1. The van der Waals surface area contributed by atoms with E-state index in [0.717, 1.165) is 0 Å². The van der Waals surface area contributed by atoms with E-state index in [4.69, 9.17) is 0 Å². The highest BCUT2D eigenvalue weighted by molar-refractivity contribution is 5.15. The molecule has 0 saturated carbocycles. The van der Waals surface area contributed by atoms with Gasteiger partial charge in [0.05, 0.1) is 0 Å². The van der Waals surface area contributed by atoms with Crippen molar-refractivity contribution in [3.05, 3.63) is 54.6 Å². The monoisotopic (exact) mass is 481 g/mol. The van der Waals surface area contributed by atoms with Crippen LogP contribution in [0.1, 0.15) is 147 Å². The van der Waals surface area contributed by atoms with Gasteiger partial charge in [0.15, 0.2) is 0 Å². The van der Waals surface area contributed by atoms with Crippen LogP contribution in [0.2, 0.25) is 0 Å². The van der Waals surface area contributed by atoms with Gasteiger partial charge in [-0.2, -0.15) is 0 Å². The van der Waals surface area contributed by atoms with Crippen LogP contribution in [0, 0.1) is 5.92 Å². The number of aromatic nitrogens is 2. The largest absolute Gasteiger partial charge is 0.250 e. The first kappa shape index (κ1) is 29.7. The molecule has 0 bridgehead atoms. The molecular formula is C33H57N2+. The molecule has 1 heterocycles. The highest BCUT2D eigenvalue weighted by Gasteiger charge is 2.26. The molecule has 2 atom stereocenters. The molecular weight excluding hydrogens is 424 g/mol. The van der Waals surface area contributed by atoms with E-state index in [0.29, 0.717) is 12.0 Å². The lowest BCUT2D eigenvalue weighted by atomic mass is 9.84. The van der Waals surface area contributed by atoms with Gasteiger partial charge in [0.1, 0.15) is 18.4 Å². The number of hydrogen-bond acceptors (Lipinski definition) is 0. The van der Waals surface area contributed by atoms with Crippen molar-refractivity contribution < 1.29 is 4.57 Å². The number of aromatic amines is 1. The summed E-state index contributed by atoms with van der Waals surface area (Å²) < 4.78 is 2.48. The maximum Gasteiger partial charge on any atom is 0.241 e. The van der Waals surface area contributed by atoms with E-state index in [-0.39, 0.29) is 0 Å². The van der Waals surface area contributed by atoms with E-state index < -0.39 is 0 Å². The highest BCUT2D eigenvalue weighted by atomic mass is 15.1. The minimum Gasteiger partial charge on any atom is -0.250 e. The van der Waals surface area contributed by atoms with Crippen LogP contribution in [0.3, 0.4) is 0 Å². The van der Waals surface area contributed by atoms with E-state index in [2.05, 4.69) is 72.5 Å². The number of unbranched alkanes of at least 4 members (excludes halogenated alkanes) is 15. The average molecular weight is 482 g/mol. The molecule has 2 unspecified atom stereocenters. The fraction of sp³-hybridized carbons (Fsp3) is 0.727. The molecule has 2 rings (SSSR count). The first-order chi connectivity index (χ1) is 17.3. The van der Waals surface area contributed by atoms with Crippen molar-refractivity contribution >= 4 is 0 Å². The first-order valence-electron chi connectivity index (χ1n) is 15.4. The molecule has 0 aliphatic rings. The molecule has 0 fully saturated rings. The molecule has 0 aliphatic carbocycles. The fourth-order valence-electron chi connectivity index (χ4n) is 5.69. The Morgan fingerprint density at radius 3 is 1.66 bits per heavy atom. The third-order valence-corrected chi connectivity index (χ3v) is 7.87. The summed E-state index contributed by atoms with van der Waals surface area (Å²) in [6, 6.07) is 11.8. The lowest BCUT2D eigenvalue weighted by Crippen LogP contribution is -2.42. The summed E-state index contributed by atoms with van der Waals surface area (Å²) in [5.74, 6) is 0.715. The smallest absolute Gasteiger partial charge is 0.241 e. The molecule has 0 aliphatic heterocycles. The third-order valence-electron chi connectivity index (χ3n) is 7.87. The summed E-state index contributed by atoms with van der Waals surface area (Å²) in [5.41, 5.74) is 1.50. The van der Waals surface area contributed by atoms with Gasteiger partial charge in [0, 0.05) is 5.92 Å². The van der Waals surface area contributed by atoms with Gasteiger partial charge in [-0.25, -0.2) is 4.57 Å². The number of hydrogen-bond donors (Lipinski definition) is 1. The summed E-state index contributed by atoms with van der Waals surface area (Å²) in [4.78, 5) is 3.32. The molecule has 0 radical (unpaired) electrons. The van der Waals surface area contributed by atoms with Gasteiger partial charge < -0.3 is 0 Å². The van der Waals surface area contributed by atoms with Crippen LogP contribution in [-0.2, 0) is 6.42 Å². The molecule has 35 heavy (non-hydrogen) atoms. The second-order valence-electron chi connectivity index (χ2n) is 11.0. The predicted molar refractivity (Wildman–Crippen MR) is 153 cm³/mol. The number of rotatable bonds is 23. The van der Waals surface area contributed by atoms with E-state index in [9.17, 15) is 0 Å². The standard InChI is InChI=1S/C33H56N2/c1-3-5-7-9-10-11-12-13-14-15-17-22-26-33(35-28-27-34-30-35)32(25-21-16-8-6-4-2)29-31-23-19-18-20-24-31/h18-20,23-24,27-28,30,32-33H,3-17,21-22,25-26,29H2,1-2H3/p+1. The fourth-order valence-corrected chi connectivity index (χ4v) is 5.69.